The summed E-state index contributed by atoms with van der Waals surface area (Å²) in [5.41, 5.74) is 1.96. The van der Waals surface area contributed by atoms with Crippen LogP contribution in [0.3, 0.4) is 0 Å². The molecule has 0 aliphatic carbocycles. The fourth-order valence-corrected chi connectivity index (χ4v) is 2.58. The quantitative estimate of drug-likeness (QED) is 0.940. The van der Waals surface area contributed by atoms with Gasteiger partial charge in [0.05, 0.1) is 11.6 Å². The van der Waals surface area contributed by atoms with Crippen molar-refractivity contribution in [2.24, 2.45) is 0 Å². The second-order valence-electron chi connectivity index (χ2n) is 5.43. The van der Waals surface area contributed by atoms with Crippen LogP contribution in [-0.2, 0) is 4.79 Å². The van der Waals surface area contributed by atoms with Crippen molar-refractivity contribution in [3.63, 3.8) is 0 Å². The SMILES string of the molecule is N#Cc1ccc(NC(=O)CN2CCN(c3ccccc3)C2=O)cc1. The van der Waals surface area contributed by atoms with Crippen LogP contribution in [0, 0.1) is 11.3 Å². The molecule has 120 valence electrons. The van der Waals surface area contributed by atoms with Crippen molar-refractivity contribution in [2.75, 3.05) is 29.9 Å². The molecule has 0 atom stereocenters. The fourth-order valence-electron chi connectivity index (χ4n) is 2.58. The fraction of sp³-hybridized carbons (Fsp3) is 0.167. The summed E-state index contributed by atoms with van der Waals surface area (Å²) in [5.74, 6) is -0.261. The molecule has 0 spiro atoms. The van der Waals surface area contributed by atoms with E-state index in [1.807, 2.05) is 36.4 Å². The highest BCUT2D eigenvalue weighted by Gasteiger charge is 2.30. The Balaban J connectivity index is 1.59. The lowest BCUT2D eigenvalue weighted by Gasteiger charge is -2.18. The molecule has 24 heavy (non-hydrogen) atoms. The monoisotopic (exact) mass is 320 g/mol. The predicted molar refractivity (Wildman–Crippen MR) is 90.5 cm³/mol. The van der Waals surface area contributed by atoms with Crippen molar-refractivity contribution >= 4 is 23.3 Å². The van der Waals surface area contributed by atoms with Crippen LogP contribution in [-0.4, -0.2) is 36.5 Å². The van der Waals surface area contributed by atoms with Gasteiger partial charge in [-0.05, 0) is 36.4 Å². The number of carbonyl (C=O) groups is 2. The van der Waals surface area contributed by atoms with Crippen molar-refractivity contribution < 1.29 is 9.59 Å². The van der Waals surface area contributed by atoms with Gasteiger partial charge in [0.15, 0.2) is 0 Å². The molecule has 0 saturated carbocycles. The minimum atomic E-state index is -0.261. The Bertz CT molecular complexity index is 781. The van der Waals surface area contributed by atoms with E-state index in [4.69, 9.17) is 5.26 Å². The maximum atomic E-state index is 12.4. The molecular formula is C18H16N4O2. The molecule has 1 heterocycles. The summed E-state index contributed by atoms with van der Waals surface area (Å²) in [6.07, 6.45) is 0. The highest BCUT2D eigenvalue weighted by Crippen LogP contribution is 2.19. The first-order chi connectivity index (χ1) is 11.7. The van der Waals surface area contributed by atoms with E-state index in [0.29, 0.717) is 24.3 Å². The molecule has 2 aromatic carbocycles. The molecule has 0 radical (unpaired) electrons. The zero-order valence-electron chi connectivity index (χ0n) is 13.0. The lowest BCUT2D eigenvalue weighted by Crippen LogP contribution is -2.37. The third-order valence-corrected chi connectivity index (χ3v) is 3.80. The van der Waals surface area contributed by atoms with Crippen molar-refractivity contribution in [1.82, 2.24) is 4.90 Å². The van der Waals surface area contributed by atoms with Crippen LogP contribution in [0.25, 0.3) is 0 Å². The molecule has 6 heteroatoms. The molecule has 0 bridgehead atoms. The molecule has 1 N–H and O–H groups in total. The molecular weight excluding hydrogens is 304 g/mol. The maximum Gasteiger partial charge on any atom is 0.325 e. The van der Waals surface area contributed by atoms with E-state index in [1.54, 1.807) is 29.2 Å². The molecule has 0 unspecified atom stereocenters. The van der Waals surface area contributed by atoms with Gasteiger partial charge in [0.25, 0.3) is 0 Å². The van der Waals surface area contributed by atoms with Crippen LogP contribution in [0.4, 0.5) is 16.2 Å². The smallest absolute Gasteiger partial charge is 0.325 e. The average Bonchev–Trinajstić information content (AvgIpc) is 2.97. The molecule has 1 aliphatic heterocycles. The Labute approximate surface area is 139 Å². The normalized spacial score (nSPS) is 13.7. The Morgan fingerprint density at radius 2 is 1.79 bits per heavy atom. The number of hydrogen-bond donors (Lipinski definition) is 1. The topological polar surface area (TPSA) is 76.4 Å². The van der Waals surface area contributed by atoms with Gasteiger partial charge in [0.1, 0.15) is 6.54 Å². The van der Waals surface area contributed by atoms with Crippen LogP contribution in [0.5, 0.6) is 0 Å². The molecule has 3 amide bonds. The average molecular weight is 320 g/mol. The van der Waals surface area contributed by atoms with Crippen molar-refractivity contribution in [3.8, 4) is 6.07 Å². The Hall–Kier alpha value is -3.33. The van der Waals surface area contributed by atoms with Gasteiger partial charge < -0.3 is 10.2 Å². The van der Waals surface area contributed by atoms with E-state index in [0.717, 1.165) is 5.69 Å². The van der Waals surface area contributed by atoms with Gasteiger partial charge >= 0.3 is 6.03 Å². The first kappa shape index (κ1) is 15.6. The van der Waals surface area contributed by atoms with Gasteiger partial charge in [-0.15, -0.1) is 0 Å². The van der Waals surface area contributed by atoms with Gasteiger partial charge in [-0.3, -0.25) is 9.69 Å². The standard InChI is InChI=1S/C18H16N4O2/c19-12-14-6-8-15(9-7-14)20-17(23)13-21-10-11-22(18(21)24)16-4-2-1-3-5-16/h1-9H,10-11,13H2,(H,20,23). The number of rotatable bonds is 4. The zero-order chi connectivity index (χ0) is 16.9. The molecule has 0 aromatic heterocycles. The predicted octanol–water partition coefficient (Wildman–Crippen LogP) is 2.44. The number of benzene rings is 2. The molecule has 3 rings (SSSR count). The lowest BCUT2D eigenvalue weighted by atomic mass is 10.2. The number of carbonyl (C=O) groups excluding carboxylic acids is 2. The van der Waals surface area contributed by atoms with E-state index in [-0.39, 0.29) is 18.5 Å². The largest absolute Gasteiger partial charge is 0.325 e. The lowest BCUT2D eigenvalue weighted by molar-refractivity contribution is -0.116. The van der Waals surface area contributed by atoms with Gasteiger partial charge in [0.2, 0.25) is 5.91 Å². The number of para-hydroxylation sites is 1. The van der Waals surface area contributed by atoms with E-state index in [1.165, 1.54) is 4.90 Å². The molecule has 2 aromatic rings. The summed E-state index contributed by atoms with van der Waals surface area (Å²) in [6, 6.07) is 17.8. The molecule has 1 fully saturated rings. The van der Waals surface area contributed by atoms with Crippen LogP contribution in [0.15, 0.2) is 54.6 Å². The van der Waals surface area contributed by atoms with E-state index in [2.05, 4.69) is 5.32 Å². The summed E-state index contributed by atoms with van der Waals surface area (Å²) < 4.78 is 0. The number of urea groups is 1. The van der Waals surface area contributed by atoms with Crippen LogP contribution >= 0.6 is 0 Å². The Morgan fingerprint density at radius 3 is 2.46 bits per heavy atom. The summed E-state index contributed by atoms with van der Waals surface area (Å²) in [5, 5.41) is 11.5. The molecule has 6 nitrogen and oxygen atoms in total. The van der Waals surface area contributed by atoms with Gasteiger partial charge in [-0.2, -0.15) is 5.26 Å². The minimum Gasteiger partial charge on any atom is -0.325 e. The van der Waals surface area contributed by atoms with Gasteiger partial charge in [-0.1, -0.05) is 18.2 Å². The number of nitrogens with one attached hydrogen (secondary N) is 1. The number of nitriles is 1. The Morgan fingerprint density at radius 1 is 1.08 bits per heavy atom. The van der Waals surface area contributed by atoms with Gasteiger partial charge in [-0.25, -0.2) is 4.79 Å². The van der Waals surface area contributed by atoms with Crippen molar-refractivity contribution in [3.05, 3.63) is 60.2 Å². The maximum absolute atomic E-state index is 12.4. The molecule has 1 aliphatic rings. The highest BCUT2D eigenvalue weighted by atomic mass is 16.2. The summed E-state index contributed by atoms with van der Waals surface area (Å²) >= 11 is 0. The number of nitrogens with zero attached hydrogens (tertiary/aromatic N) is 3. The first-order valence-corrected chi connectivity index (χ1v) is 7.59. The third kappa shape index (κ3) is 3.36. The van der Waals surface area contributed by atoms with E-state index >= 15 is 0 Å². The van der Waals surface area contributed by atoms with Crippen molar-refractivity contribution in [2.45, 2.75) is 0 Å². The Kier molecular flexibility index (Phi) is 4.43. The van der Waals surface area contributed by atoms with Crippen LogP contribution in [0.2, 0.25) is 0 Å². The van der Waals surface area contributed by atoms with E-state index in [9.17, 15) is 9.59 Å². The highest BCUT2D eigenvalue weighted by molar-refractivity contribution is 5.99. The third-order valence-electron chi connectivity index (χ3n) is 3.80. The second-order valence-corrected chi connectivity index (χ2v) is 5.43. The summed E-state index contributed by atoms with van der Waals surface area (Å²) in [4.78, 5) is 27.7. The summed E-state index contributed by atoms with van der Waals surface area (Å²) in [7, 11) is 0. The number of anilines is 2. The van der Waals surface area contributed by atoms with Crippen molar-refractivity contribution in [1.29, 1.82) is 5.26 Å². The first-order valence-electron chi connectivity index (χ1n) is 7.59. The summed E-state index contributed by atoms with van der Waals surface area (Å²) in [6.45, 7) is 1.07. The number of hydrogen-bond acceptors (Lipinski definition) is 3. The van der Waals surface area contributed by atoms with Crippen LogP contribution < -0.4 is 10.2 Å². The van der Waals surface area contributed by atoms with Gasteiger partial charge in [0, 0.05) is 24.5 Å². The van der Waals surface area contributed by atoms with Crippen LogP contribution in [0.1, 0.15) is 5.56 Å². The van der Waals surface area contributed by atoms with E-state index < -0.39 is 0 Å². The number of amides is 3. The zero-order valence-corrected chi connectivity index (χ0v) is 13.0. The second kappa shape index (κ2) is 6.84. The minimum absolute atomic E-state index is 0.00215. The molecule has 1 saturated heterocycles.